The number of pyridine rings is 1. The van der Waals surface area contributed by atoms with Crippen LogP contribution in [-0.2, 0) is 4.74 Å². The summed E-state index contributed by atoms with van der Waals surface area (Å²) in [5.41, 5.74) is 2.06. The Morgan fingerprint density at radius 2 is 1.76 bits per heavy atom. The molecule has 0 aliphatic carbocycles. The molecule has 1 N–H and O–H groups in total. The summed E-state index contributed by atoms with van der Waals surface area (Å²) in [7, 11) is 0. The maximum absolute atomic E-state index is 13.3. The zero-order chi connectivity index (χ0) is 23.2. The molecule has 1 fully saturated rings. The number of nitrogens with one attached hydrogen (secondary N) is 1. The summed E-state index contributed by atoms with van der Waals surface area (Å²) in [5, 5.41) is 4.89. The van der Waals surface area contributed by atoms with Crippen LogP contribution in [0.25, 0.3) is 22.0 Å². The van der Waals surface area contributed by atoms with E-state index in [0.29, 0.717) is 44.8 Å². The van der Waals surface area contributed by atoms with Gasteiger partial charge in [-0.2, -0.15) is 0 Å². The minimum atomic E-state index is -0.294. The third-order valence-electron chi connectivity index (χ3n) is 5.77. The minimum Gasteiger partial charge on any atom is -0.494 e. The fourth-order valence-corrected chi connectivity index (χ4v) is 4.08. The number of hydrogen-bond acceptors (Lipinski definition) is 5. The summed E-state index contributed by atoms with van der Waals surface area (Å²) in [6.07, 6.45) is 1.07. The molecule has 0 bridgehead atoms. The van der Waals surface area contributed by atoms with E-state index in [1.54, 1.807) is 11.8 Å². The van der Waals surface area contributed by atoms with Gasteiger partial charge in [0, 0.05) is 30.1 Å². The van der Waals surface area contributed by atoms with E-state index in [1.165, 1.54) is 0 Å². The first-order chi connectivity index (χ1) is 16.1. The van der Waals surface area contributed by atoms with E-state index in [-0.39, 0.29) is 18.0 Å². The van der Waals surface area contributed by atoms with Crippen LogP contribution in [0.5, 0.6) is 5.75 Å². The summed E-state index contributed by atoms with van der Waals surface area (Å²) in [6, 6.07) is 17.5. The maximum atomic E-state index is 13.3. The SMILES string of the molecule is CCOC(=O)N1CCC(NC(=O)c2nc(-c3ccc(OCC)cc3)cc3ccccc23)CC1. The molecule has 2 heterocycles. The summed E-state index contributed by atoms with van der Waals surface area (Å²) in [6.45, 7) is 5.83. The summed E-state index contributed by atoms with van der Waals surface area (Å²) in [5.74, 6) is 0.600. The molecule has 4 rings (SSSR count). The lowest BCUT2D eigenvalue weighted by Gasteiger charge is -2.31. The predicted molar refractivity (Wildman–Crippen MR) is 127 cm³/mol. The number of aromatic nitrogens is 1. The van der Waals surface area contributed by atoms with Crippen molar-refractivity contribution in [2.75, 3.05) is 26.3 Å². The van der Waals surface area contributed by atoms with Crippen LogP contribution in [0.3, 0.4) is 0 Å². The molecule has 33 heavy (non-hydrogen) atoms. The molecule has 0 unspecified atom stereocenters. The van der Waals surface area contributed by atoms with Crippen molar-refractivity contribution >= 4 is 22.8 Å². The largest absolute Gasteiger partial charge is 0.494 e. The normalized spacial score (nSPS) is 14.2. The molecule has 1 aliphatic rings. The molecule has 1 aromatic heterocycles. The van der Waals surface area contributed by atoms with Crippen molar-refractivity contribution in [2.24, 2.45) is 0 Å². The fourth-order valence-electron chi connectivity index (χ4n) is 4.08. The quantitative estimate of drug-likeness (QED) is 0.595. The summed E-state index contributed by atoms with van der Waals surface area (Å²) >= 11 is 0. The van der Waals surface area contributed by atoms with Gasteiger partial charge in [0.2, 0.25) is 0 Å². The first-order valence-electron chi connectivity index (χ1n) is 11.4. The number of amides is 2. The fraction of sp³-hybridized carbons (Fsp3) is 0.346. The van der Waals surface area contributed by atoms with Crippen molar-refractivity contribution in [2.45, 2.75) is 32.7 Å². The van der Waals surface area contributed by atoms with Crippen LogP contribution in [0.15, 0.2) is 54.6 Å². The highest BCUT2D eigenvalue weighted by Gasteiger charge is 2.26. The van der Waals surface area contributed by atoms with Crippen LogP contribution in [0.2, 0.25) is 0 Å². The molecule has 1 saturated heterocycles. The number of hydrogen-bond donors (Lipinski definition) is 1. The zero-order valence-corrected chi connectivity index (χ0v) is 19.0. The van der Waals surface area contributed by atoms with Gasteiger partial charge in [-0.15, -0.1) is 0 Å². The van der Waals surface area contributed by atoms with Gasteiger partial charge in [0.05, 0.1) is 18.9 Å². The van der Waals surface area contributed by atoms with Gasteiger partial charge in [0.1, 0.15) is 11.4 Å². The second-order valence-electron chi connectivity index (χ2n) is 7.97. The van der Waals surface area contributed by atoms with Crippen LogP contribution < -0.4 is 10.1 Å². The van der Waals surface area contributed by atoms with E-state index in [4.69, 9.17) is 14.5 Å². The van der Waals surface area contributed by atoms with E-state index in [2.05, 4.69) is 5.32 Å². The molecule has 172 valence electrons. The molecule has 1 aliphatic heterocycles. The molecule has 7 nitrogen and oxygen atoms in total. The Morgan fingerprint density at radius 3 is 2.45 bits per heavy atom. The Labute approximate surface area is 193 Å². The van der Waals surface area contributed by atoms with Crippen LogP contribution in [0, 0.1) is 0 Å². The molecule has 2 amide bonds. The number of rotatable bonds is 6. The van der Waals surface area contributed by atoms with Crippen molar-refractivity contribution in [1.82, 2.24) is 15.2 Å². The van der Waals surface area contributed by atoms with E-state index in [9.17, 15) is 9.59 Å². The standard InChI is InChI=1S/C26H29N3O4/c1-3-32-21-11-9-18(10-12-21)23-17-19-7-5-6-8-22(19)24(28-23)25(30)27-20-13-15-29(16-14-20)26(31)33-4-2/h5-12,17,20H,3-4,13-16H2,1-2H3,(H,27,30). The molecule has 7 heteroatoms. The average molecular weight is 448 g/mol. The topological polar surface area (TPSA) is 80.8 Å². The second-order valence-corrected chi connectivity index (χ2v) is 7.97. The molecular weight excluding hydrogens is 418 g/mol. The van der Waals surface area contributed by atoms with Gasteiger partial charge in [0.15, 0.2) is 0 Å². The van der Waals surface area contributed by atoms with Crippen LogP contribution >= 0.6 is 0 Å². The van der Waals surface area contributed by atoms with Gasteiger partial charge >= 0.3 is 6.09 Å². The molecule has 0 radical (unpaired) electrons. The summed E-state index contributed by atoms with van der Waals surface area (Å²) in [4.78, 5) is 31.6. The van der Waals surface area contributed by atoms with Crippen molar-refractivity contribution in [3.05, 3.63) is 60.3 Å². The highest BCUT2D eigenvalue weighted by atomic mass is 16.6. The second kappa shape index (κ2) is 10.3. The molecule has 0 saturated carbocycles. The number of carbonyl (C=O) groups is 2. The van der Waals surface area contributed by atoms with Crippen molar-refractivity contribution in [1.29, 1.82) is 0 Å². The first kappa shape index (κ1) is 22.6. The maximum Gasteiger partial charge on any atom is 0.409 e. The smallest absolute Gasteiger partial charge is 0.409 e. The molecule has 2 aromatic carbocycles. The van der Waals surface area contributed by atoms with Crippen molar-refractivity contribution in [3.63, 3.8) is 0 Å². The van der Waals surface area contributed by atoms with E-state index in [1.807, 2.05) is 61.5 Å². The number of ether oxygens (including phenoxy) is 2. The minimum absolute atomic E-state index is 0.0159. The zero-order valence-electron chi connectivity index (χ0n) is 19.0. The lowest BCUT2D eigenvalue weighted by atomic mass is 10.0. The van der Waals surface area contributed by atoms with Crippen molar-refractivity contribution in [3.8, 4) is 17.0 Å². The number of nitrogens with zero attached hydrogens (tertiary/aromatic N) is 2. The van der Waals surface area contributed by atoms with E-state index >= 15 is 0 Å². The first-order valence-corrected chi connectivity index (χ1v) is 11.4. The van der Waals surface area contributed by atoms with Gasteiger partial charge in [-0.3, -0.25) is 4.79 Å². The van der Waals surface area contributed by atoms with Gasteiger partial charge in [-0.05, 0) is 62.4 Å². The Kier molecular flexibility index (Phi) is 7.07. The van der Waals surface area contributed by atoms with Gasteiger partial charge in [-0.25, -0.2) is 9.78 Å². The van der Waals surface area contributed by atoms with Gasteiger partial charge in [0.25, 0.3) is 5.91 Å². The molecule has 0 atom stereocenters. The van der Waals surface area contributed by atoms with E-state index in [0.717, 1.165) is 27.8 Å². The Bertz CT molecular complexity index is 1120. The Morgan fingerprint density at radius 1 is 1.03 bits per heavy atom. The van der Waals surface area contributed by atoms with Crippen LogP contribution in [-0.4, -0.2) is 54.2 Å². The monoisotopic (exact) mass is 447 g/mol. The van der Waals surface area contributed by atoms with E-state index < -0.39 is 0 Å². The number of likely N-dealkylation sites (tertiary alicyclic amines) is 1. The number of carbonyl (C=O) groups excluding carboxylic acids is 2. The highest BCUT2D eigenvalue weighted by Crippen LogP contribution is 2.27. The molecule has 0 spiro atoms. The molecular formula is C26H29N3O4. The third-order valence-corrected chi connectivity index (χ3v) is 5.77. The molecule has 3 aromatic rings. The van der Waals surface area contributed by atoms with Crippen molar-refractivity contribution < 1.29 is 19.1 Å². The lowest BCUT2D eigenvalue weighted by Crippen LogP contribution is -2.46. The summed E-state index contributed by atoms with van der Waals surface area (Å²) < 4.78 is 10.6. The number of fused-ring (bicyclic) bond motifs is 1. The number of benzene rings is 2. The van der Waals surface area contributed by atoms with Gasteiger partial charge < -0.3 is 19.7 Å². The Hall–Kier alpha value is -3.61. The van der Waals surface area contributed by atoms with Crippen LogP contribution in [0.4, 0.5) is 4.79 Å². The highest BCUT2D eigenvalue weighted by molar-refractivity contribution is 6.06. The number of piperidine rings is 1. The lowest BCUT2D eigenvalue weighted by molar-refractivity contribution is 0.0858. The van der Waals surface area contributed by atoms with Gasteiger partial charge in [-0.1, -0.05) is 24.3 Å². The Balaban J connectivity index is 1.54. The third kappa shape index (κ3) is 5.25. The average Bonchev–Trinajstić information content (AvgIpc) is 2.84. The predicted octanol–water partition coefficient (Wildman–Crippen LogP) is 4.65. The van der Waals surface area contributed by atoms with Crippen LogP contribution in [0.1, 0.15) is 37.2 Å².